The summed E-state index contributed by atoms with van der Waals surface area (Å²) in [5.74, 6) is 0. The molecule has 72 valence electrons. The number of amides is 2. The van der Waals surface area contributed by atoms with Gasteiger partial charge in [0.25, 0.3) is 0 Å². The third kappa shape index (κ3) is 1.11. The van der Waals surface area contributed by atoms with E-state index in [-0.39, 0.29) is 17.6 Å². The van der Waals surface area contributed by atoms with E-state index in [1.54, 1.807) is 23.9 Å². The zero-order valence-electron chi connectivity index (χ0n) is 7.39. The number of nitrogens with two attached hydrogens (primary N) is 1. The number of carbonyl (C=O) groups is 1. The molecule has 2 amide bonds. The Morgan fingerprint density at radius 1 is 1.54 bits per heavy atom. The van der Waals surface area contributed by atoms with E-state index < -0.39 is 0 Å². The molecular formula is C6H11N5OS. The summed E-state index contributed by atoms with van der Waals surface area (Å²) in [4.78, 5) is 14.8. The number of hydrogen-bond acceptors (Lipinski definition) is 5. The quantitative estimate of drug-likeness (QED) is 0.538. The third-order valence-corrected chi connectivity index (χ3v) is 3.37. The fourth-order valence-electron chi connectivity index (χ4n) is 1.45. The minimum atomic E-state index is -0.0743. The van der Waals surface area contributed by atoms with Crippen LogP contribution in [0.2, 0.25) is 0 Å². The summed E-state index contributed by atoms with van der Waals surface area (Å²) in [7, 11) is 3.50. The molecule has 0 bridgehead atoms. The smallest absolute Gasteiger partial charge is 0.322 e. The van der Waals surface area contributed by atoms with E-state index in [1.807, 2.05) is 0 Å². The Kier molecular flexibility index (Phi) is 1.76. The van der Waals surface area contributed by atoms with Crippen molar-refractivity contribution in [2.75, 3.05) is 14.1 Å². The van der Waals surface area contributed by atoms with Crippen LogP contribution >= 0.6 is 11.8 Å². The van der Waals surface area contributed by atoms with Gasteiger partial charge in [-0.3, -0.25) is 5.43 Å². The number of amidine groups is 1. The van der Waals surface area contributed by atoms with Gasteiger partial charge in [-0.15, -0.1) is 0 Å². The number of urea groups is 1. The SMILES string of the molecule is CN1C(=O)N(C)[C@H]2SC(N)=NN[C@H]21. The average Bonchev–Trinajstić information content (AvgIpc) is 2.32. The van der Waals surface area contributed by atoms with Crippen molar-refractivity contribution in [2.45, 2.75) is 11.5 Å². The summed E-state index contributed by atoms with van der Waals surface area (Å²) in [6.07, 6.45) is -0.0743. The molecule has 0 spiro atoms. The summed E-state index contributed by atoms with van der Waals surface area (Å²) in [5, 5.41) is 4.37. The Hall–Kier alpha value is -1.11. The van der Waals surface area contributed by atoms with Crippen molar-refractivity contribution in [3.05, 3.63) is 0 Å². The first-order valence-corrected chi connectivity index (χ1v) is 4.74. The van der Waals surface area contributed by atoms with Gasteiger partial charge in [-0.05, 0) is 0 Å². The summed E-state index contributed by atoms with van der Waals surface area (Å²) in [6, 6.07) is -0.0140. The van der Waals surface area contributed by atoms with Gasteiger partial charge >= 0.3 is 6.03 Å². The first-order chi connectivity index (χ1) is 6.11. The summed E-state index contributed by atoms with van der Waals surface area (Å²) >= 11 is 1.40. The Morgan fingerprint density at radius 2 is 2.23 bits per heavy atom. The predicted molar refractivity (Wildman–Crippen MR) is 50.8 cm³/mol. The molecule has 0 aliphatic carbocycles. The van der Waals surface area contributed by atoms with Crippen molar-refractivity contribution in [1.82, 2.24) is 15.2 Å². The number of likely N-dealkylation sites (N-methyl/N-ethyl adjacent to an activating group) is 2. The lowest BCUT2D eigenvalue weighted by Crippen LogP contribution is -2.47. The maximum atomic E-state index is 11.5. The maximum Gasteiger partial charge on any atom is 0.322 e. The van der Waals surface area contributed by atoms with E-state index in [9.17, 15) is 4.79 Å². The van der Waals surface area contributed by atoms with Crippen molar-refractivity contribution in [2.24, 2.45) is 10.8 Å². The van der Waals surface area contributed by atoms with E-state index in [1.165, 1.54) is 11.8 Å². The summed E-state index contributed by atoms with van der Waals surface area (Å²) in [5.41, 5.74) is 8.38. The largest absolute Gasteiger partial charge is 0.377 e. The molecule has 2 aliphatic heterocycles. The number of nitrogens with one attached hydrogen (secondary N) is 1. The number of carbonyl (C=O) groups excluding carboxylic acids is 1. The highest BCUT2D eigenvalue weighted by Gasteiger charge is 2.44. The highest BCUT2D eigenvalue weighted by atomic mass is 32.2. The molecule has 0 aromatic carbocycles. The number of hydrazone groups is 1. The van der Waals surface area contributed by atoms with E-state index in [4.69, 9.17) is 5.73 Å². The lowest BCUT2D eigenvalue weighted by atomic mass is 10.5. The molecule has 0 radical (unpaired) electrons. The van der Waals surface area contributed by atoms with Gasteiger partial charge < -0.3 is 15.5 Å². The number of nitrogens with zero attached hydrogens (tertiary/aromatic N) is 3. The van der Waals surface area contributed by atoms with Crippen LogP contribution < -0.4 is 11.2 Å². The van der Waals surface area contributed by atoms with Crippen LogP contribution in [0.1, 0.15) is 0 Å². The van der Waals surface area contributed by atoms with Crippen LogP contribution in [-0.2, 0) is 0 Å². The highest BCUT2D eigenvalue weighted by Crippen LogP contribution is 2.29. The molecule has 1 fully saturated rings. The van der Waals surface area contributed by atoms with Gasteiger partial charge in [0.05, 0.1) is 0 Å². The highest BCUT2D eigenvalue weighted by molar-refractivity contribution is 8.14. The van der Waals surface area contributed by atoms with Crippen molar-refractivity contribution in [3.8, 4) is 0 Å². The van der Waals surface area contributed by atoms with Crippen LogP contribution in [0, 0.1) is 0 Å². The molecule has 2 rings (SSSR count). The van der Waals surface area contributed by atoms with E-state index in [0.717, 1.165) is 0 Å². The second kappa shape index (κ2) is 2.69. The van der Waals surface area contributed by atoms with Gasteiger partial charge in [0, 0.05) is 14.1 Å². The Balaban J connectivity index is 2.25. The van der Waals surface area contributed by atoms with Gasteiger partial charge in [-0.1, -0.05) is 11.8 Å². The van der Waals surface area contributed by atoms with Crippen molar-refractivity contribution >= 4 is 23.0 Å². The fraction of sp³-hybridized carbons (Fsp3) is 0.667. The first-order valence-electron chi connectivity index (χ1n) is 3.86. The van der Waals surface area contributed by atoms with Gasteiger partial charge in [-0.2, -0.15) is 5.10 Å². The Bertz CT molecular complexity index is 280. The molecule has 1 saturated heterocycles. The van der Waals surface area contributed by atoms with Crippen molar-refractivity contribution < 1.29 is 4.79 Å². The Morgan fingerprint density at radius 3 is 2.92 bits per heavy atom. The van der Waals surface area contributed by atoms with E-state index in [2.05, 4.69) is 10.5 Å². The van der Waals surface area contributed by atoms with Crippen molar-refractivity contribution in [1.29, 1.82) is 0 Å². The molecule has 0 aromatic rings. The molecule has 2 heterocycles. The molecule has 3 N–H and O–H groups in total. The second-order valence-corrected chi connectivity index (χ2v) is 4.17. The molecular weight excluding hydrogens is 190 g/mol. The van der Waals surface area contributed by atoms with Crippen molar-refractivity contribution in [3.63, 3.8) is 0 Å². The van der Waals surface area contributed by atoms with Crippen LogP contribution in [0.3, 0.4) is 0 Å². The minimum Gasteiger partial charge on any atom is -0.377 e. The van der Waals surface area contributed by atoms with Crippen LogP contribution in [0.4, 0.5) is 4.79 Å². The molecule has 2 aliphatic rings. The van der Waals surface area contributed by atoms with Crippen LogP contribution in [0.15, 0.2) is 5.10 Å². The summed E-state index contributed by atoms with van der Waals surface area (Å²) < 4.78 is 0. The molecule has 0 saturated carbocycles. The summed E-state index contributed by atoms with van der Waals surface area (Å²) in [6.45, 7) is 0. The van der Waals surface area contributed by atoms with E-state index in [0.29, 0.717) is 5.17 Å². The van der Waals surface area contributed by atoms with Crippen LogP contribution in [0.5, 0.6) is 0 Å². The topological polar surface area (TPSA) is 74.0 Å². The standard InChI is InChI=1S/C6H11N5OS/c1-10-3-4(11(2)6(10)12)13-5(7)9-8-3/h3-4,8H,1-2H3,(H2,7,9)/t3-,4-/m0/s1. The second-order valence-electron chi connectivity index (χ2n) is 3.04. The Labute approximate surface area is 80.1 Å². The fourth-order valence-corrected chi connectivity index (χ4v) is 2.43. The van der Waals surface area contributed by atoms with Crippen LogP contribution in [0.25, 0.3) is 0 Å². The molecule has 7 heteroatoms. The molecule has 2 atom stereocenters. The normalized spacial score (nSPS) is 32.8. The monoisotopic (exact) mass is 201 g/mol. The maximum absolute atomic E-state index is 11.5. The number of hydrogen-bond donors (Lipinski definition) is 2. The molecule has 0 unspecified atom stereocenters. The third-order valence-electron chi connectivity index (χ3n) is 2.22. The number of rotatable bonds is 0. The van der Waals surface area contributed by atoms with E-state index >= 15 is 0 Å². The predicted octanol–water partition coefficient (Wildman–Crippen LogP) is -0.798. The number of thioether (sulfide) groups is 1. The van der Waals surface area contributed by atoms with Gasteiger partial charge in [-0.25, -0.2) is 4.79 Å². The molecule has 0 aromatic heterocycles. The molecule has 13 heavy (non-hydrogen) atoms. The first kappa shape index (κ1) is 8.49. The van der Waals surface area contributed by atoms with Crippen LogP contribution in [-0.4, -0.2) is 46.6 Å². The lowest BCUT2D eigenvalue weighted by Gasteiger charge is -2.27. The zero-order valence-corrected chi connectivity index (χ0v) is 8.21. The zero-order chi connectivity index (χ0) is 9.59. The van der Waals surface area contributed by atoms with Gasteiger partial charge in [0.15, 0.2) is 5.17 Å². The minimum absolute atomic E-state index is 0.0140. The average molecular weight is 201 g/mol. The number of fused-ring (bicyclic) bond motifs is 1. The lowest BCUT2D eigenvalue weighted by molar-refractivity contribution is 0.198. The van der Waals surface area contributed by atoms with Gasteiger partial charge in [0.1, 0.15) is 11.5 Å². The van der Waals surface area contributed by atoms with Gasteiger partial charge in [0.2, 0.25) is 0 Å². The molecule has 6 nitrogen and oxygen atoms in total.